The average molecular weight is 238 g/mol. The van der Waals surface area contributed by atoms with Crippen LogP contribution in [0.4, 0.5) is 5.69 Å². The summed E-state index contributed by atoms with van der Waals surface area (Å²) in [5.41, 5.74) is 2.48. The molecule has 0 radical (unpaired) electrons. The normalized spacial score (nSPS) is 28.4. The molecule has 2 saturated heterocycles. The van der Waals surface area contributed by atoms with Crippen LogP contribution in [0.3, 0.4) is 0 Å². The van der Waals surface area contributed by atoms with Crippen molar-refractivity contribution in [1.82, 2.24) is 0 Å². The van der Waals surface area contributed by atoms with E-state index in [1.54, 1.807) is 0 Å². The van der Waals surface area contributed by atoms with E-state index in [1.165, 1.54) is 24.1 Å². The van der Waals surface area contributed by atoms with Gasteiger partial charge in [0.1, 0.15) is 0 Å². The summed E-state index contributed by atoms with van der Waals surface area (Å²) >= 11 is 5.79. The molecule has 16 heavy (non-hydrogen) atoms. The maximum atomic E-state index is 5.83. The zero-order chi connectivity index (χ0) is 11.0. The van der Waals surface area contributed by atoms with Crippen molar-refractivity contribution in [1.29, 1.82) is 0 Å². The molecule has 2 unspecified atom stereocenters. The number of benzene rings is 1. The van der Waals surface area contributed by atoms with Gasteiger partial charge in [0.05, 0.1) is 12.2 Å². The minimum absolute atomic E-state index is 0.450. The number of nitrogens with zero attached hydrogens (tertiary/aromatic N) is 1. The Morgan fingerprint density at radius 2 is 1.75 bits per heavy atom. The highest BCUT2D eigenvalue weighted by molar-refractivity contribution is 6.17. The summed E-state index contributed by atoms with van der Waals surface area (Å²) in [7, 11) is 0. The molecule has 0 N–H and O–H groups in total. The first-order valence-corrected chi connectivity index (χ1v) is 6.44. The van der Waals surface area contributed by atoms with Crippen LogP contribution in [-0.4, -0.2) is 25.3 Å². The summed E-state index contributed by atoms with van der Waals surface area (Å²) in [5, 5.41) is 0. The van der Waals surface area contributed by atoms with E-state index in [0.29, 0.717) is 18.1 Å². The molecule has 2 fully saturated rings. The molecular weight excluding hydrogens is 222 g/mol. The fraction of sp³-hybridized carbons (Fsp3) is 0.538. The maximum Gasteiger partial charge on any atom is 0.0755 e. The molecule has 0 saturated carbocycles. The summed E-state index contributed by atoms with van der Waals surface area (Å²) < 4.78 is 5.83. The third-order valence-electron chi connectivity index (χ3n) is 3.50. The molecular formula is C13H16ClNO. The number of alkyl halides is 1. The maximum absolute atomic E-state index is 5.83. The molecule has 3 rings (SSSR count). The van der Waals surface area contributed by atoms with Gasteiger partial charge in [-0.05, 0) is 30.5 Å². The number of fused-ring (bicyclic) bond motifs is 2. The zero-order valence-corrected chi connectivity index (χ0v) is 9.99. The van der Waals surface area contributed by atoms with Crippen LogP contribution in [-0.2, 0) is 10.6 Å². The summed E-state index contributed by atoms with van der Waals surface area (Å²) in [5.74, 6) is 0.592. The van der Waals surface area contributed by atoms with Gasteiger partial charge in [0.2, 0.25) is 0 Å². The van der Waals surface area contributed by atoms with Gasteiger partial charge < -0.3 is 9.64 Å². The number of morpholine rings is 1. The SMILES string of the molecule is ClCc1ccc(N2CC3CCC(C2)O3)cc1. The van der Waals surface area contributed by atoms with E-state index in [0.717, 1.165) is 13.1 Å². The van der Waals surface area contributed by atoms with Crippen LogP contribution in [0.5, 0.6) is 0 Å². The second-order valence-corrected chi connectivity index (χ2v) is 4.93. The summed E-state index contributed by atoms with van der Waals surface area (Å²) in [6.07, 6.45) is 3.35. The van der Waals surface area contributed by atoms with Gasteiger partial charge in [-0.25, -0.2) is 0 Å². The van der Waals surface area contributed by atoms with Gasteiger partial charge in [-0.1, -0.05) is 12.1 Å². The lowest BCUT2D eigenvalue weighted by Crippen LogP contribution is -2.42. The highest BCUT2D eigenvalue weighted by Gasteiger charge is 2.33. The molecule has 0 spiro atoms. The second kappa shape index (κ2) is 4.27. The molecule has 0 aliphatic carbocycles. The lowest BCUT2D eigenvalue weighted by Gasteiger charge is -2.33. The molecule has 2 aliphatic heterocycles. The summed E-state index contributed by atoms with van der Waals surface area (Å²) in [6, 6.07) is 8.56. The van der Waals surface area contributed by atoms with E-state index in [9.17, 15) is 0 Å². The first-order chi connectivity index (χ1) is 7.85. The quantitative estimate of drug-likeness (QED) is 0.734. The molecule has 1 aromatic carbocycles. The Balaban J connectivity index is 1.76. The minimum atomic E-state index is 0.450. The minimum Gasteiger partial charge on any atom is -0.371 e. The smallest absolute Gasteiger partial charge is 0.0755 e. The molecule has 1 aromatic rings. The van der Waals surface area contributed by atoms with Gasteiger partial charge in [0, 0.05) is 24.7 Å². The van der Waals surface area contributed by atoms with Crippen molar-refractivity contribution in [3.63, 3.8) is 0 Å². The molecule has 2 nitrogen and oxygen atoms in total. The summed E-state index contributed by atoms with van der Waals surface area (Å²) in [6.45, 7) is 2.08. The third-order valence-corrected chi connectivity index (χ3v) is 3.81. The Morgan fingerprint density at radius 1 is 1.12 bits per heavy atom. The van der Waals surface area contributed by atoms with E-state index < -0.39 is 0 Å². The highest BCUT2D eigenvalue weighted by Crippen LogP contribution is 2.29. The highest BCUT2D eigenvalue weighted by atomic mass is 35.5. The number of anilines is 1. The molecule has 2 aliphatic rings. The lowest BCUT2D eigenvalue weighted by atomic mass is 10.2. The van der Waals surface area contributed by atoms with Crippen LogP contribution in [0.25, 0.3) is 0 Å². The number of ether oxygens (including phenoxy) is 1. The van der Waals surface area contributed by atoms with E-state index in [4.69, 9.17) is 16.3 Å². The number of hydrogen-bond acceptors (Lipinski definition) is 2. The Bertz CT molecular complexity index is 353. The van der Waals surface area contributed by atoms with Crippen molar-refractivity contribution in [2.45, 2.75) is 30.9 Å². The summed E-state index contributed by atoms with van der Waals surface area (Å²) in [4.78, 5) is 2.43. The van der Waals surface area contributed by atoms with Gasteiger partial charge >= 0.3 is 0 Å². The first kappa shape index (κ1) is 10.4. The van der Waals surface area contributed by atoms with Crippen molar-refractivity contribution in [2.75, 3.05) is 18.0 Å². The van der Waals surface area contributed by atoms with E-state index in [2.05, 4.69) is 29.2 Å². The molecule has 0 amide bonds. The van der Waals surface area contributed by atoms with Gasteiger partial charge in [0.25, 0.3) is 0 Å². The van der Waals surface area contributed by atoms with Crippen molar-refractivity contribution >= 4 is 17.3 Å². The average Bonchev–Trinajstić information content (AvgIpc) is 2.68. The number of hydrogen-bond donors (Lipinski definition) is 0. The number of rotatable bonds is 2. The first-order valence-electron chi connectivity index (χ1n) is 5.90. The van der Waals surface area contributed by atoms with Crippen LogP contribution in [0.1, 0.15) is 18.4 Å². The predicted octanol–water partition coefficient (Wildman–Crippen LogP) is 2.79. The van der Waals surface area contributed by atoms with Crippen LogP contribution in [0.2, 0.25) is 0 Å². The Hall–Kier alpha value is -0.730. The molecule has 2 atom stereocenters. The van der Waals surface area contributed by atoms with E-state index >= 15 is 0 Å². The van der Waals surface area contributed by atoms with Crippen molar-refractivity contribution < 1.29 is 4.74 Å². The molecule has 0 aromatic heterocycles. The number of halogens is 1. The third kappa shape index (κ3) is 1.92. The molecule has 2 heterocycles. The van der Waals surface area contributed by atoms with Crippen molar-refractivity contribution in [3.05, 3.63) is 29.8 Å². The second-order valence-electron chi connectivity index (χ2n) is 4.66. The van der Waals surface area contributed by atoms with Gasteiger partial charge in [-0.15, -0.1) is 11.6 Å². The van der Waals surface area contributed by atoms with Crippen LogP contribution < -0.4 is 4.90 Å². The standard InChI is InChI=1S/C13H16ClNO/c14-7-10-1-3-11(4-2-10)15-8-12-5-6-13(9-15)16-12/h1-4,12-13H,5-9H2. The van der Waals surface area contributed by atoms with Gasteiger partial charge in [-0.2, -0.15) is 0 Å². The largest absolute Gasteiger partial charge is 0.371 e. The molecule has 3 heteroatoms. The van der Waals surface area contributed by atoms with Crippen molar-refractivity contribution in [2.24, 2.45) is 0 Å². The van der Waals surface area contributed by atoms with E-state index in [-0.39, 0.29) is 0 Å². The Labute approximate surface area is 101 Å². The topological polar surface area (TPSA) is 12.5 Å². The van der Waals surface area contributed by atoms with Crippen LogP contribution in [0, 0.1) is 0 Å². The Morgan fingerprint density at radius 3 is 2.31 bits per heavy atom. The molecule has 2 bridgehead atoms. The van der Waals surface area contributed by atoms with Crippen LogP contribution >= 0.6 is 11.6 Å². The predicted molar refractivity (Wildman–Crippen MR) is 66.1 cm³/mol. The van der Waals surface area contributed by atoms with E-state index in [1.807, 2.05) is 0 Å². The fourth-order valence-electron chi connectivity index (χ4n) is 2.62. The van der Waals surface area contributed by atoms with Gasteiger partial charge in [-0.3, -0.25) is 0 Å². The lowest BCUT2D eigenvalue weighted by molar-refractivity contribution is 0.0305. The fourth-order valence-corrected chi connectivity index (χ4v) is 2.80. The molecule has 86 valence electrons. The van der Waals surface area contributed by atoms with Gasteiger partial charge in [0.15, 0.2) is 0 Å². The van der Waals surface area contributed by atoms with Crippen molar-refractivity contribution in [3.8, 4) is 0 Å². The Kier molecular flexibility index (Phi) is 2.78. The van der Waals surface area contributed by atoms with Crippen LogP contribution in [0.15, 0.2) is 24.3 Å². The monoisotopic (exact) mass is 237 g/mol. The zero-order valence-electron chi connectivity index (χ0n) is 9.23.